The third-order valence-electron chi connectivity index (χ3n) is 3.38. The van der Waals surface area contributed by atoms with Gasteiger partial charge in [-0.25, -0.2) is 4.79 Å². The number of carboxylic acid groups (broad SMARTS) is 1. The van der Waals surface area contributed by atoms with Gasteiger partial charge in [0.2, 0.25) is 0 Å². The highest BCUT2D eigenvalue weighted by Gasteiger charge is 2.34. The summed E-state index contributed by atoms with van der Waals surface area (Å²) in [6, 6.07) is -1.29. The van der Waals surface area contributed by atoms with Crippen LogP contribution < -0.4 is 5.73 Å². The van der Waals surface area contributed by atoms with Crippen molar-refractivity contribution >= 4 is 17.8 Å². The molecule has 0 unspecified atom stereocenters. The van der Waals surface area contributed by atoms with E-state index in [2.05, 4.69) is 0 Å². The summed E-state index contributed by atoms with van der Waals surface area (Å²) >= 11 is 0. The normalized spacial score (nSPS) is 12.0. The van der Waals surface area contributed by atoms with Crippen LogP contribution in [0.1, 0.15) is 19.3 Å². The van der Waals surface area contributed by atoms with Crippen LogP contribution in [0.4, 0.5) is 0 Å². The molecule has 0 rings (SSSR count). The summed E-state index contributed by atoms with van der Waals surface area (Å²) in [5.41, 5.74) is 5.42. The number of unbranched alkanes of at least 4 members (excludes halogenated alkanes) is 1. The highest BCUT2D eigenvalue weighted by atomic mass is 16.5. The van der Waals surface area contributed by atoms with Gasteiger partial charge in [0.05, 0.1) is 26.4 Å². The third-order valence-corrected chi connectivity index (χ3v) is 3.38. The maximum atomic E-state index is 12.4. The summed E-state index contributed by atoms with van der Waals surface area (Å²) in [5.74, 6) is -2.74. The summed E-state index contributed by atoms with van der Waals surface area (Å²) in [4.78, 5) is 37.1. The second-order valence-corrected chi connectivity index (χ2v) is 5.39. The molecule has 152 valence electrons. The van der Waals surface area contributed by atoms with E-state index < -0.39 is 37.0 Å². The molecule has 0 spiro atoms. The number of nitrogens with two attached hydrogens (primary N) is 1. The van der Waals surface area contributed by atoms with Gasteiger partial charge in [0.15, 0.2) is 0 Å². The van der Waals surface area contributed by atoms with Crippen molar-refractivity contribution < 1.29 is 38.4 Å². The minimum absolute atomic E-state index is 0.111. The summed E-state index contributed by atoms with van der Waals surface area (Å²) < 4.78 is 19.9. The van der Waals surface area contributed by atoms with Crippen molar-refractivity contribution in [3.05, 3.63) is 0 Å². The lowest BCUT2D eigenvalue weighted by atomic mass is 10.1. The maximum Gasteiger partial charge on any atom is 0.326 e. The quantitative estimate of drug-likeness (QED) is 0.332. The van der Waals surface area contributed by atoms with Gasteiger partial charge >= 0.3 is 5.97 Å². The number of ether oxygens (including phenoxy) is 4. The fourth-order valence-electron chi connectivity index (χ4n) is 2.07. The summed E-state index contributed by atoms with van der Waals surface area (Å²) in [6.45, 7) is 0.412. The lowest BCUT2D eigenvalue weighted by molar-refractivity contribution is -0.162. The molecule has 0 aliphatic rings. The van der Waals surface area contributed by atoms with Crippen molar-refractivity contribution in [2.24, 2.45) is 5.73 Å². The van der Waals surface area contributed by atoms with Crippen LogP contribution in [0.3, 0.4) is 0 Å². The molecule has 3 N–H and O–H groups in total. The average Bonchev–Trinajstić information content (AvgIpc) is 2.61. The van der Waals surface area contributed by atoms with Crippen molar-refractivity contribution in [3.63, 3.8) is 0 Å². The van der Waals surface area contributed by atoms with Crippen molar-refractivity contribution in [1.82, 2.24) is 4.90 Å². The smallest absolute Gasteiger partial charge is 0.326 e. The van der Waals surface area contributed by atoms with Gasteiger partial charge in [-0.15, -0.1) is 0 Å². The molecule has 0 aromatic rings. The molecule has 0 bridgehead atoms. The van der Waals surface area contributed by atoms with Crippen molar-refractivity contribution in [2.75, 3.05) is 60.4 Å². The Morgan fingerprint density at radius 1 is 0.923 bits per heavy atom. The molecule has 0 saturated heterocycles. The Morgan fingerprint density at radius 2 is 1.42 bits per heavy atom. The Hall–Kier alpha value is -1.59. The predicted octanol–water partition coefficient (Wildman–Crippen LogP) is -0.750. The first-order chi connectivity index (χ1) is 12.5. The number of rotatable bonds is 16. The Bertz CT molecular complexity index is 395. The van der Waals surface area contributed by atoms with E-state index >= 15 is 0 Å². The Balaban J connectivity index is 4.99. The maximum absolute atomic E-state index is 12.4. The van der Waals surface area contributed by atoms with Crippen molar-refractivity contribution in [1.29, 1.82) is 0 Å². The molecule has 0 aliphatic carbocycles. The number of aliphatic carboxylic acids is 1. The predicted molar refractivity (Wildman–Crippen MR) is 91.6 cm³/mol. The van der Waals surface area contributed by atoms with E-state index in [1.165, 1.54) is 14.2 Å². The van der Waals surface area contributed by atoms with Gasteiger partial charge in [0.1, 0.15) is 19.3 Å². The molecule has 0 fully saturated rings. The third kappa shape index (κ3) is 10.4. The van der Waals surface area contributed by atoms with Crippen molar-refractivity contribution in [3.8, 4) is 0 Å². The van der Waals surface area contributed by atoms with Crippen LogP contribution in [-0.4, -0.2) is 94.2 Å². The van der Waals surface area contributed by atoms with E-state index in [4.69, 9.17) is 24.7 Å². The largest absolute Gasteiger partial charge is 0.480 e. The molecule has 10 heteroatoms. The number of hydrogen-bond acceptors (Lipinski definition) is 8. The zero-order chi connectivity index (χ0) is 19.8. The van der Waals surface area contributed by atoms with E-state index in [9.17, 15) is 19.5 Å². The minimum Gasteiger partial charge on any atom is -0.480 e. The molecule has 0 aliphatic heterocycles. The molecule has 10 nitrogen and oxygen atoms in total. The molecule has 0 heterocycles. The Kier molecular flexibility index (Phi) is 14.7. The number of methoxy groups -OCH3 is 2. The highest BCUT2D eigenvalue weighted by molar-refractivity contribution is 6.00. The van der Waals surface area contributed by atoms with E-state index in [0.717, 1.165) is 0 Å². The first-order valence-electron chi connectivity index (χ1n) is 8.40. The van der Waals surface area contributed by atoms with Gasteiger partial charge in [0, 0.05) is 14.2 Å². The van der Waals surface area contributed by atoms with Gasteiger partial charge in [-0.2, -0.15) is 0 Å². The van der Waals surface area contributed by atoms with Crippen LogP contribution in [0.25, 0.3) is 0 Å². The lowest BCUT2D eigenvalue weighted by Crippen LogP contribution is -2.51. The molecular weight excluding hydrogens is 348 g/mol. The number of imide groups is 1. The fourth-order valence-corrected chi connectivity index (χ4v) is 2.07. The number of carboxylic acids is 1. The Labute approximate surface area is 153 Å². The van der Waals surface area contributed by atoms with Crippen LogP contribution in [0.15, 0.2) is 0 Å². The molecular formula is C16H30N2O8. The molecule has 1 atom stereocenters. The van der Waals surface area contributed by atoms with Gasteiger partial charge in [-0.3, -0.25) is 14.5 Å². The van der Waals surface area contributed by atoms with E-state index in [-0.39, 0.29) is 32.8 Å². The number of hydrogen-bond donors (Lipinski definition) is 2. The fraction of sp³-hybridized carbons (Fsp3) is 0.812. The summed E-state index contributed by atoms with van der Waals surface area (Å²) in [7, 11) is 2.96. The second kappa shape index (κ2) is 15.6. The topological polar surface area (TPSA) is 138 Å². The summed E-state index contributed by atoms with van der Waals surface area (Å²) in [5, 5.41) is 9.46. The van der Waals surface area contributed by atoms with Crippen LogP contribution in [0.2, 0.25) is 0 Å². The van der Waals surface area contributed by atoms with Crippen LogP contribution in [0, 0.1) is 0 Å². The number of carbonyl (C=O) groups excluding carboxylic acids is 2. The Morgan fingerprint density at radius 3 is 1.81 bits per heavy atom. The number of carbonyl (C=O) groups is 3. The van der Waals surface area contributed by atoms with Gasteiger partial charge in [0.25, 0.3) is 11.8 Å². The average molecular weight is 378 g/mol. The van der Waals surface area contributed by atoms with E-state index in [0.29, 0.717) is 24.3 Å². The van der Waals surface area contributed by atoms with E-state index in [1.54, 1.807) is 0 Å². The summed E-state index contributed by atoms with van der Waals surface area (Å²) in [6.07, 6.45) is 1.18. The lowest BCUT2D eigenvalue weighted by Gasteiger charge is -2.27. The van der Waals surface area contributed by atoms with E-state index in [1.807, 2.05) is 0 Å². The molecule has 0 aromatic heterocycles. The molecule has 2 amide bonds. The molecule has 0 aromatic carbocycles. The van der Waals surface area contributed by atoms with Gasteiger partial charge in [-0.05, 0) is 25.8 Å². The van der Waals surface area contributed by atoms with Crippen LogP contribution in [0.5, 0.6) is 0 Å². The zero-order valence-corrected chi connectivity index (χ0v) is 15.5. The SMILES string of the molecule is COCCOCC(=O)N(C(=O)COCCOC)[C@@H](CCCCN)C(=O)O. The minimum atomic E-state index is -1.29. The molecule has 0 radical (unpaired) electrons. The number of amides is 2. The molecule has 0 saturated carbocycles. The monoisotopic (exact) mass is 378 g/mol. The zero-order valence-electron chi connectivity index (χ0n) is 15.5. The van der Waals surface area contributed by atoms with Crippen molar-refractivity contribution in [2.45, 2.75) is 25.3 Å². The number of nitrogens with zero attached hydrogens (tertiary/aromatic N) is 1. The van der Waals surface area contributed by atoms with Gasteiger partial charge in [-0.1, -0.05) is 0 Å². The van der Waals surface area contributed by atoms with Gasteiger partial charge < -0.3 is 29.8 Å². The van der Waals surface area contributed by atoms with Crippen LogP contribution in [-0.2, 0) is 33.3 Å². The molecule has 26 heavy (non-hydrogen) atoms. The highest BCUT2D eigenvalue weighted by Crippen LogP contribution is 2.11. The first kappa shape index (κ1) is 24.4. The first-order valence-corrected chi connectivity index (χ1v) is 8.40. The van der Waals surface area contributed by atoms with Crippen LogP contribution >= 0.6 is 0 Å². The second-order valence-electron chi connectivity index (χ2n) is 5.39. The standard InChI is InChI=1S/C16H30N2O8/c1-23-7-9-25-11-14(19)18(15(20)12-26-10-8-24-2)13(16(21)22)5-3-4-6-17/h13H,3-12,17H2,1-2H3,(H,21,22)/t13-/m0/s1.